The van der Waals surface area contributed by atoms with Crippen LogP contribution in [0.1, 0.15) is 15.9 Å². The molecule has 2 amide bonds. The molecule has 0 aliphatic rings. The standard InChI is InChI=1S/C24H20BrClN2O4/c25-19-6-2-4-8-22(19)32-17-11-9-16(10-12-17)15-21(24(31)27-13-14-29)28-23(30)18-5-1-3-7-20(18)26/h1-12,15,29H,13-14H2,(H,27,31)(H,28,30). The molecule has 0 saturated carbocycles. The maximum absolute atomic E-state index is 12.6. The van der Waals surface area contributed by atoms with Crippen molar-refractivity contribution in [3.63, 3.8) is 0 Å². The van der Waals surface area contributed by atoms with Crippen molar-refractivity contribution >= 4 is 45.4 Å². The van der Waals surface area contributed by atoms with Crippen molar-refractivity contribution in [3.8, 4) is 11.5 Å². The molecule has 0 aromatic heterocycles. The van der Waals surface area contributed by atoms with Crippen LogP contribution in [0, 0.1) is 0 Å². The molecule has 8 heteroatoms. The molecule has 164 valence electrons. The summed E-state index contributed by atoms with van der Waals surface area (Å²) in [5.74, 6) is 0.232. The van der Waals surface area contributed by atoms with Gasteiger partial charge in [0.05, 0.1) is 21.7 Å². The molecule has 0 aliphatic heterocycles. The molecule has 0 fully saturated rings. The number of hydrogen-bond donors (Lipinski definition) is 3. The maximum atomic E-state index is 12.6. The lowest BCUT2D eigenvalue weighted by Gasteiger charge is -2.12. The Hall–Kier alpha value is -3.13. The largest absolute Gasteiger partial charge is 0.456 e. The summed E-state index contributed by atoms with van der Waals surface area (Å²) in [7, 11) is 0. The van der Waals surface area contributed by atoms with Gasteiger partial charge in [-0.2, -0.15) is 0 Å². The number of ether oxygens (including phenoxy) is 1. The number of benzene rings is 3. The molecular weight excluding hydrogens is 496 g/mol. The van der Waals surface area contributed by atoms with E-state index in [9.17, 15) is 9.59 Å². The van der Waals surface area contributed by atoms with Crippen LogP contribution in [-0.4, -0.2) is 30.1 Å². The summed E-state index contributed by atoms with van der Waals surface area (Å²) >= 11 is 9.53. The summed E-state index contributed by atoms with van der Waals surface area (Å²) < 4.78 is 6.67. The van der Waals surface area contributed by atoms with Gasteiger partial charge in [0.2, 0.25) is 0 Å². The van der Waals surface area contributed by atoms with E-state index in [0.717, 1.165) is 4.47 Å². The third-order valence-corrected chi connectivity index (χ3v) is 5.25. The minimum atomic E-state index is -0.534. The third-order valence-electron chi connectivity index (χ3n) is 4.26. The average Bonchev–Trinajstić information content (AvgIpc) is 2.80. The first-order valence-electron chi connectivity index (χ1n) is 9.67. The molecule has 6 nitrogen and oxygen atoms in total. The van der Waals surface area contributed by atoms with Crippen LogP contribution >= 0.6 is 27.5 Å². The molecule has 0 unspecified atom stereocenters. The number of carbonyl (C=O) groups is 2. The second-order valence-corrected chi connectivity index (χ2v) is 7.83. The normalized spacial score (nSPS) is 11.0. The second kappa shape index (κ2) is 11.5. The molecule has 0 heterocycles. The van der Waals surface area contributed by atoms with Crippen LogP contribution < -0.4 is 15.4 Å². The molecule has 0 spiro atoms. The Balaban J connectivity index is 1.81. The number of amides is 2. The molecule has 3 N–H and O–H groups in total. The number of hydrogen-bond acceptors (Lipinski definition) is 4. The van der Waals surface area contributed by atoms with Crippen molar-refractivity contribution in [1.29, 1.82) is 0 Å². The predicted octanol–water partition coefficient (Wildman–Crippen LogP) is 4.77. The zero-order valence-corrected chi connectivity index (χ0v) is 19.2. The molecule has 32 heavy (non-hydrogen) atoms. The van der Waals surface area contributed by atoms with E-state index in [1.165, 1.54) is 6.08 Å². The highest BCUT2D eigenvalue weighted by Gasteiger charge is 2.16. The molecule has 0 saturated heterocycles. The van der Waals surface area contributed by atoms with E-state index in [0.29, 0.717) is 17.1 Å². The van der Waals surface area contributed by atoms with Gasteiger partial charge >= 0.3 is 0 Å². The van der Waals surface area contributed by atoms with E-state index >= 15 is 0 Å². The van der Waals surface area contributed by atoms with Gasteiger partial charge in [0, 0.05) is 6.54 Å². The molecule has 3 aromatic rings. The summed E-state index contributed by atoms with van der Waals surface area (Å²) in [6.45, 7) is -0.171. The van der Waals surface area contributed by atoms with Crippen LogP contribution in [0.15, 0.2) is 83.0 Å². The van der Waals surface area contributed by atoms with Crippen molar-refractivity contribution in [3.05, 3.63) is 99.1 Å². The average molecular weight is 516 g/mol. The van der Waals surface area contributed by atoms with Gasteiger partial charge < -0.3 is 20.5 Å². The van der Waals surface area contributed by atoms with Crippen LogP contribution in [0.3, 0.4) is 0 Å². The Morgan fingerprint density at radius 3 is 2.38 bits per heavy atom. The predicted molar refractivity (Wildman–Crippen MR) is 128 cm³/mol. The van der Waals surface area contributed by atoms with E-state index in [1.54, 1.807) is 48.5 Å². The first kappa shape index (κ1) is 23.5. The molecule has 3 aromatic carbocycles. The van der Waals surface area contributed by atoms with Gasteiger partial charge in [0.25, 0.3) is 11.8 Å². The van der Waals surface area contributed by atoms with Gasteiger partial charge in [-0.15, -0.1) is 0 Å². The van der Waals surface area contributed by atoms with Crippen molar-refractivity contribution in [2.24, 2.45) is 0 Å². The summed E-state index contributed by atoms with van der Waals surface area (Å²) in [5.41, 5.74) is 0.924. The van der Waals surface area contributed by atoms with Gasteiger partial charge in [-0.25, -0.2) is 0 Å². The summed E-state index contributed by atoms with van der Waals surface area (Å²) in [5, 5.41) is 14.4. The number of rotatable bonds is 8. The van der Waals surface area contributed by atoms with Crippen molar-refractivity contribution in [1.82, 2.24) is 10.6 Å². The summed E-state index contributed by atoms with van der Waals surface area (Å²) in [6, 6.07) is 21.1. The molecule has 0 atom stereocenters. The Kier molecular flexibility index (Phi) is 8.44. The lowest BCUT2D eigenvalue weighted by Crippen LogP contribution is -2.36. The van der Waals surface area contributed by atoms with Crippen LogP contribution in [0.5, 0.6) is 11.5 Å². The number of para-hydroxylation sites is 1. The van der Waals surface area contributed by atoms with Crippen LogP contribution in [0.25, 0.3) is 6.08 Å². The van der Waals surface area contributed by atoms with Crippen LogP contribution in [-0.2, 0) is 4.79 Å². The Morgan fingerprint density at radius 1 is 1.00 bits per heavy atom. The fourth-order valence-corrected chi connectivity index (χ4v) is 3.30. The maximum Gasteiger partial charge on any atom is 0.267 e. The van der Waals surface area contributed by atoms with E-state index in [-0.39, 0.29) is 29.4 Å². The Labute approximate surface area is 199 Å². The smallest absolute Gasteiger partial charge is 0.267 e. The van der Waals surface area contributed by atoms with E-state index in [4.69, 9.17) is 21.4 Å². The second-order valence-electron chi connectivity index (χ2n) is 6.57. The zero-order chi connectivity index (χ0) is 22.9. The van der Waals surface area contributed by atoms with Gasteiger partial charge in [-0.1, -0.05) is 48.0 Å². The molecule has 0 aliphatic carbocycles. The minimum absolute atomic E-state index is 0.0165. The van der Waals surface area contributed by atoms with Crippen molar-refractivity contribution in [2.45, 2.75) is 0 Å². The third kappa shape index (κ3) is 6.43. The molecule has 0 bridgehead atoms. The first-order valence-corrected chi connectivity index (χ1v) is 10.8. The van der Waals surface area contributed by atoms with Crippen LogP contribution in [0.4, 0.5) is 0 Å². The lowest BCUT2D eigenvalue weighted by atomic mass is 10.1. The number of carbonyl (C=O) groups excluding carboxylic acids is 2. The lowest BCUT2D eigenvalue weighted by molar-refractivity contribution is -0.117. The molecule has 0 radical (unpaired) electrons. The fraction of sp³-hybridized carbons (Fsp3) is 0.0833. The quantitative estimate of drug-likeness (QED) is 0.377. The number of aliphatic hydroxyl groups is 1. The minimum Gasteiger partial charge on any atom is -0.456 e. The number of aliphatic hydroxyl groups excluding tert-OH is 1. The topological polar surface area (TPSA) is 87.7 Å². The first-order chi connectivity index (χ1) is 15.5. The van der Waals surface area contributed by atoms with E-state index in [2.05, 4.69) is 26.6 Å². The van der Waals surface area contributed by atoms with Crippen LogP contribution in [0.2, 0.25) is 5.02 Å². The van der Waals surface area contributed by atoms with Crippen molar-refractivity contribution < 1.29 is 19.4 Å². The van der Waals surface area contributed by atoms with Gasteiger partial charge in [0.15, 0.2) is 0 Å². The summed E-state index contributed by atoms with van der Waals surface area (Å²) in [6.07, 6.45) is 1.53. The Bertz CT molecular complexity index is 1130. The highest BCUT2D eigenvalue weighted by atomic mass is 79.9. The van der Waals surface area contributed by atoms with Gasteiger partial charge in [-0.3, -0.25) is 9.59 Å². The van der Waals surface area contributed by atoms with Gasteiger partial charge in [0.1, 0.15) is 17.2 Å². The van der Waals surface area contributed by atoms with E-state index < -0.39 is 11.8 Å². The SMILES string of the molecule is O=C(NCCO)C(=Cc1ccc(Oc2ccccc2Br)cc1)NC(=O)c1ccccc1Cl. The number of halogens is 2. The highest BCUT2D eigenvalue weighted by Crippen LogP contribution is 2.29. The fourth-order valence-electron chi connectivity index (χ4n) is 2.71. The zero-order valence-electron chi connectivity index (χ0n) is 16.8. The monoisotopic (exact) mass is 514 g/mol. The van der Waals surface area contributed by atoms with Gasteiger partial charge in [-0.05, 0) is 64.0 Å². The van der Waals surface area contributed by atoms with Crippen molar-refractivity contribution in [2.75, 3.05) is 13.2 Å². The summed E-state index contributed by atoms with van der Waals surface area (Å²) in [4.78, 5) is 25.2. The highest BCUT2D eigenvalue weighted by molar-refractivity contribution is 9.10. The Morgan fingerprint density at radius 2 is 1.69 bits per heavy atom. The van der Waals surface area contributed by atoms with E-state index in [1.807, 2.05) is 24.3 Å². The molecule has 3 rings (SSSR count). The number of nitrogens with one attached hydrogen (secondary N) is 2. The molecular formula is C24H20BrClN2O4.